The maximum atomic E-state index is 10.9. The van der Waals surface area contributed by atoms with E-state index in [1.807, 2.05) is 11.4 Å². The third kappa shape index (κ3) is 1.86. The van der Waals surface area contributed by atoms with Crippen LogP contribution in [0.2, 0.25) is 0 Å². The molecule has 1 saturated carbocycles. The number of nitrogens with zero attached hydrogens (tertiary/aromatic N) is 3. The van der Waals surface area contributed by atoms with Crippen LogP contribution in [-0.2, 0) is 0 Å². The summed E-state index contributed by atoms with van der Waals surface area (Å²) in [6.07, 6.45) is 0.938. The van der Waals surface area contributed by atoms with Crippen molar-refractivity contribution in [3.05, 3.63) is 32.8 Å². The summed E-state index contributed by atoms with van der Waals surface area (Å²) in [5.41, 5.74) is 8.02. The summed E-state index contributed by atoms with van der Waals surface area (Å²) in [6.45, 7) is 0. The van der Waals surface area contributed by atoms with E-state index < -0.39 is 6.03 Å². The van der Waals surface area contributed by atoms with E-state index in [1.165, 1.54) is 4.88 Å². The molecule has 72 valence electrons. The molecule has 0 aromatic carbocycles. The first-order chi connectivity index (χ1) is 6.81. The molecule has 2 atom stereocenters. The van der Waals surface area contributed by atoms with Crippen LogP contribution in [-0.4, -0.2) is 12.1 Å². The van der Waals surface area contributed by atoms with E-state index in [0.717, 1.165) is 6.42 Å². The highest BCUT2D eigenvalue weighted by Gasteiger charge is 2.39. The first-order valence-electron chi connectivity index (χ1n) is 4.20. The van der Waals surface area contributed by atoms with Crippen LogP contribution in [0.5, 0.6) is 0 Å². The second kappa shape index (κ2) is 3.69. The smallest absolute Gasteiger partial charge is 0.308 e. The number of amides is 2. The van der Waals surface area contributed by atoms with E-state index in [2.05, 4.69) is 21.4 Å². The number of carbonyl (C=O) groups is 1. The van der Waals surface area contributed by atoms with Crippen LogP contribution in [0.15, 0.2) is 22.6 Å². The largest absolute Gasteiger partial charge is 0.347 e. The zero-order chi connectivity index (χ0) is 9.97. The standard InChI is InChI=1S/C8H8N4OS/c9-12-11-8(13)10-6-4-5(6)7-2-1-3-14-7/h1-3,5-6H,4H2,(H,10,13)/t5-,6-/m1/s1. The number of azide groups is 1. The monoisotopic (exact) mass is 208 g/mol. The fraction of sp³-hybridized carbons (Fsp3) is 0.375. The highest BCUT2D eigenvalue weighted by molar-refractivity contribution is 7.10. The van der Waals surface area contributed by atoms with Gasteiger partial charge >= 0.3 is 6.03 Å². The van der Waals surface area contributed by atoms with Crippen LogP contribution in [0.1, 0.15) is 17.2 Å². The number of hydrogen-bond acceptors (Lipinski definition) is 2. The van der Waals surface area contributed by atoms with E-state index in [9.17, 15) is 4.79 Å². The zero-order valence-electron chi connectivity index (χ0n) is 7.25. The molecular weight excluding hydrogens is 200 g/mol. The molecule has 0 aliphatic heterocycles. The van der Waals surface area contributed by atoms with Gasteiger partial charge in [0.2, 0.25) is 0 Å². The Morgan fingerprint density at radius 3 is 3.29 bits per heavy atom. The van der Waals surface area contributed by atoms with Crippen molar-refractivity contribution in [1.82, 2.24) is 5.32 Å². The summed E-state index contributed by atoms with van der Waals surface area (Å²) in [5, 5.41) is 7.61. The molecule has 0 radical (unpaired) electrons. The Labute approximate surface area is 84.4 Å². The molecule has 2 amide bonds. The number of nitrogens with one attached hydrogen (secondary N) is 1. The van der Waals surface area contributed by atoms with Gasteiger partial charge in [0.15, 0.2) is 0 Å². The second-order valence-corrected chi connectivity index (χ2v) is 4.08. The summed E-state index contributed by atoms with van der Waals surface area (Å²) in [7, 11) is 0. The predicted octanol–water partition coefficient (Wildman–Crippen LogP) is 2.62. The Kier molecular flexibility index (Phi) is 2.39. The average molecular weight is 208 g/mol. The molecule has 5 nitrogen and oxygen atoms in total. The van der Waals surface area contributed by atoms with Crippen molar-refractivity contribution in [2.24, 2.45) is 5.11 Å². The fourth-order valence-corrected chi connectivity index (χ4v) is 2.31. The molecular formula is C8H8N4OS. The minimum absolute atomic E-state index is 0.145. The molecule has 1 heterocycles. The minimum Gasteiger partial charge on any atom is -0.347 e. The minimum atomic E-state index is -0.587. The number of thiophene rings is 1. The molecule has 1 aromatic heterocycles. The van der Waals surface area contributed by atoms with Gasteiger partial charge in [-0.3, -0.25) is 4.79 Å². The van der Waals surface area contributed by atoms with Gasteiger partial charge in [0.05, 0.1) is 0 Å². The topological polar surface area (TPSA) is 77.9 Å². The predicted molar refractivity (Wildman–Crippen MR) is 53.1 cm³/mol. The summed E-state index contributed by atoms with van der Waals surface area (Å²) < 4.78 is 0. The Morgan fingerprint density at radius 1 is 1.79 bits per heavy atom. The molecule has 1 aliphatic carbocycles. The molecule has 14 heavy (non-hydrogen) atoms. The summed E-state index contributed by atoms with van der Waals surface area (Å²) in [6, 6.07) is 3.60. The van der Waals surface area contributed by atoms with Gasteiger partial charge in [-0.05, 0) is 23.4 Å². The van der Waals surface area contributed by atoms with E-state index in [4.69, 9.17) is 5.53 Å². The maximum Gasteiger partial charge on any atom is 0.308 e. The van der Waals surface area contributed by atoms with Crippen molar-refractivity contribution >= 4 is 17.4 Å². The molecule has 1 fully saturated rings. The van der Waals surface area contributed by atoms with Gasteiger partial charge in [0, 0.05) is 26.9 Å². The van der Waals surface area contributed by atoms with Crippen molar-refractivity contribution in [3.8, 4) is 0 Å². The first-order valence-corrected chi connectivity index (χ1v) is 5.08. The third-order valence-corrected chi connectivity index (χ3v) is 3.15. The SMILES string of the molecule is [N-]=[N+]=NC(=O)N[C@@H]1C[C@H]1c1cccs1. The first kappa shape index (κ1) is 9.05. The van der Waals surface area contributed by atoms with Gasteiger partial charge in [0.25, 0.3) is 0 Å². The molecule has 0 unspecified atom stereocenters. The summed E-state index contributed by atoms with van der Waals surface area (Å²) in [5.74, 6) is 0.410. The Balaban J connectivity index is 1.88. The quantitative estimate of drug-likeness (QED) is 0.452. The van der Waals surface area contributed by atoms with Gasteiger partial charge in [-0.2, -0.15) is 0 Å². The molecule has 0 saturated heterocycles. The van der Waals surface area contributed by atoms with E-state index in [-0.39, 0.29) is 6.04 Å². The van der Waals surface area contributed by atoms with Crippen LogP contribution >= 0.6 is 11.3 Å². The molecule has 2 rings (SSSR count). The number of rotatable bonds is 2. The van der Waals surface area contributed by atoms with Gasteiger partial charge in [0.1, 0.15) is 0 Å². The lowest BCUT2D eigenvalue weighted by Gasteiger charge is -1.97. The Morgan fingerprint density at radius 2 is 2.64 bits per heavy atom. The number of carbonyl (C=O) groups excluding carboxylic acids is 1. The van der Waals surface area contributed by atoms with Gasteiger partial charge < -0.3 is 5.32 Å². The molecule has 1 aromatic rings. The van der Waals surface area contributed by atoms with Crippen LogP contribution in [0, 0.1) is 0 Å². The van der Waals surface area contributed by atoms with Crippen molar-refractivity contribution in [1.29, 1.82) is 0 Å². The van der Waals surface area contributed by atoms with Crippen LogP contribution < -0.4 is 5.32 Å². The highest BCUT2D eigenvalue weighted by atomic mass is 32.1. The number of hydrogen-bond donors (Lipinski definition) is 1. The zero-order valence-corrected chi connectivity index (χ0v) is 8.07. The lowest BCUT2D eigenvalue weighted by molar-refractivity contribution is 0.248. The molecule has 1 N–H and O–H groups in total. The van der Waals surface area contributed by atoms with Crippen LogP contribution in [0.3, 0.4) is 0 Å². The van der Waals surface area contributed by atoms with E-state index >= 15 is 0 Å². The second-order valence-electron chi connectivity index (χ2n) is 3.10. The highest BCUT2D eigenvalue weighted by Crippen LogP contribution is 2.42. The maximum absolute atomic E-state index is 10.9. The van der Waals surface area contributed by atoms with Gasteiger partial charge in [-0.1, -0.05) is 6.07 Å². The summed E-state index contributed by atoms with van der Waals surface area (Å²) in [4.78, 5) is 14.6. The number of urea groups is 1. The Bertz CT molecular complexity index is 382. The lowest BCUT2D eigenvalue weighted by atomic mass is 10.3. The van der Waals surface area contributed by atoms with E-state index in [0.29, 0.717) is 5.92 Å². The van der Waals surface area contributed by atoms with Crippen LogP contribution in [0.25, 0.3) is 10.4 Å². The van der Waals surface area contributed by atoms with Gasteiger partial charge in [-0.15, -0.1) is 11.3 Å². The van der Waals surface area contributed by atoms with Gasteiger partial charge in [-0.25, -0.2) is 0 Å². The molecule has 0 spiro atoms. The van der Waals surface area contributed by atoms with Crippen molar-refractivity contribution < 1.29 is 4.79 Å². The molecule has 1 aliphatic rings. The van der Waals surface area contributed by atoms with E-state index in [1.54, 1.807) is 11.3 Å². The lowest BCUT2D eigenvalue weighted by Crippen LogP contribution is -2.22. The van der Waals surface area contributed by atoms with Crippen molar-refractivity contribution in [3.63, 3.8) is 0 Å². The third-order valence-electron chi connectivity index (χ3n) is 2.14. The van der Waals surface area contributed by atoms with Crippen LogP contribution in [0.4, 0.5) is 4.79 Å². The molecule has 0 bridgehead atoms. The van der Waals surface area contributed by atoms with Crippen molar-refractivity contribution in [2.45, 2.75) is 18.4 Å². The van der Waals surface area contributed by atoms with Crippen molar-refractivity contribution in [2.75, 3.05) is 0 Å². The Hall–Kier alpha value is -1.52. The molecule has 6 heteroatoms. The fourth-order valence-electron chi connectivity index (χ4n) is 1.40. The summed E-state index contributed by atoms with van der Waals surface area (Å²) >= 11 is 1.68. The average Bonchev–Trinajstić information content (AvgIpc) is 2.72. The normalized spacial score (nSPS) is 23.7.